The van der Waals surface area contributed by atoms with Crippen molar-refractivity contribution in [2.75, 3.05) is 19.6 Å². The smallest absolute Gasteiger partial charge is 0.317 e. The summed E-state index contributed by atoms with van der Waals surface area (Å²) in [5, 5.41) is 26.0. The van der Waals surface area contributed by atoms with E-state index in [0.29, 0.717) is 25.8 Å². The lowest BCUT2D eigenvalue weighted by Gasteiger charge is -2.22. The van der Waals surface area contributed by atoms with E-state index in [1.54, 1.807) is 4.90 Å². The number of nitrogens with zero attached hydrogens (tertiary/aromatic N) is 1. The quantitative estimate of drug-likeness (QED) is 0.476. The van der Waals surface area contributed by atoms with Crippen molar-refractivity contribution < 1.29 is 29.7 Å². The predicted molar refractivity (Wildman–Crippen MR) is 67.0 cm³/mol. The van der Waals surface area contributed by atoms with Gasteiger partial charge in [0.2, 0.25) is 0 Å². The van der Waals surface area contributed by atoms with Crippen molar-refractivity contribution in [1.29, 1.82) is 0 Å². The van der Waals surface area contributed by atoms with Crippen LogP contribution in [0.1, 0.15) is 32.6 Å². The largest absolute Gasteiger partial charge is 0.481 e. The molecule has 0 aromatic rings. The Labute approximate surface area is 111 Å². The summed E-state index contributed by atoms with van der Waals surface area (Å²) >= 11 is 0. The molecule has 3 N–H and O–H groups in total. The Balaban J connectivity index is 4.02. The molecular formula is C12H21NO6. The van der Waals surface area contributed by atoms with Crippen molar-refractivity contribution in [2.24, 2.45) is 5.92 Å². The third kappa shape index (κ3) is 10.0. The summed E-state index contributed by atoms with van der Waals surface area (Å²) in [6, 6.07) is 0. The average Bonchev–Trinajstić information content (AvgIpc) is 2.26. The Morgan fingerprint density at radius 1 is 1.00 bits per heavy atom. The van der Waals surface area contributed by atoms with Gasteiger partial charge in [-0.05, 0) is 19.4 Å². The van der Waals surface area contributed by atoms with Crippen molar-refractivity contribution >= 4 is 17.9 Å². The summed E-state index contributed by atoms with van der Waals surface area (Å²) in [5.74, 6) is -3.43. The van der Waals surface area contributed by atoms with E-state index < -0.39 is 23.8 Å². The van der Waals surface area contributed by atoms with Crippen molar-refractivity contribution in [1.82, 2.24) is 4.90 Å². The highest BCUT2D eigenvalue weighted by atomic mass is 16.4. The first-order valence-corrected chi connectivity index (χ1v) is 6.21. The van der Waals surface area contributed by atoms with Gasteiger partial charge in [0, 0.05) is 13.0 Å². The number of hydrogen-bond acceptors (Lipinski definition) is 4. The molecule has 0 saturated heterocycles. The Morgan fingerprint density at radius 2 is 1.63 bits per heavy atom. The summed E-state index contributed by atoms with van der Waals surface area (Å²) in [4.78, 5) is 33.3. The first kappa shape index (κ1) is 17.4. The van der Waals surface area contributed by atoms with Crippen molar-refractivity contribution in [3.63, 3.8) is 0 Å². The number of hydrogen-bond donors (Lipinski definition) is 3. The molecule has 0 bridgehead atoms. The lowest BCUT2D eigenvalue weighted by molar-refractivity contribution is -0.144. The van der Waals surface area contributed by atoms with Gasteiger partial charge in [-0.15, -0.1) is 0 Å². The van der Waals surface area contributed by atoms with E-state index in [9.17, 15) is 14.4 Å². The van der Waals surface area contributed by atoms with Crippen LogP contribution in [-0.2, 0) is 14.4 Å². The monoisotopic (exact) mass is 275 g/mol. The van der Waals surface area contributed by atoms with Gasteiger partial charge in [0.05, 0.1) is 12.5 Å². The molecule has 110 valence electrons. The molecule has 0 aliphatic heterocycles. The SMILES string of the molecule is CC(CN(CCCCCC(=O)O)CC(=O)O)C(=O)O. The molecule has 0 heterocycles. The standard InChI is InChI=1S/C12H21NO6/c1-9(12(18)19)7-13(8-11(16)17)6-4-2-3-5-10(14)15/h9H,2-8H2,1H3,(H,14,15)(H,16,17)(H,18,19). The number of carbonyl (C=O) groups is 3. The fourth-order valence-corrected chi connectivity index (χ4v) is 1.68. The Morgan fingerprint density at radius 3 is 2.11 bits per heavy atom. The Bertz CT molecular complexity index is 317. The fourth-order valence-electron chi connectivity index (χ4n) is 1.68. The van der Waals surface area contributed by atoms with Gasteiger partial charge in [0.15, 0.2) is 0 Å². The van der Waals surface area contributed by atoms with Crippen LogP contribution in [-0.4, -0.2) is 57.8 Å². The number of carboxylic acids is 3. The van der Waals surface area contributed by atoms with Crippen molar-refractivity contribution in [2.45, 2.75) is 32.6 Å². The minimum atomic E-state index is -0.997. The maximum absolute atomic E-state index is 10.7. The predicted octanol–water partition coefficient (Wildman–Crippen LogP) is 0.739. The van der Waals surface area contributed by atoms with Crippen LogP contribution in [0.4, 0.5) is 0 Å². The van der Waals surface area contributed by atoms with E-state index in [1.807, 2.05) is 0 Å². The molecule has 0 saturated carbocycles. The molecule has 19 heavy (non-hydrogen) atoms. The van der Waals surface area contributed by atoms with E-state index in [2.05, 4.69) is 0 Å². The highest BCUT2D eigenvalue weighted by Gasteiger charge is 2.17. The van der Waals surface area contributed by atoms with Gasteiger partial charge in [-0.25, -0.2) is 0 Å². The zero-order valence-corrected chi connectivity index (χ0v) is 11.0. The van der Waals surface area contributed by atoms with Crippen LogP contribution in [0.2, 0.25) is 0 Å². The molecule has 0 radical (unpaired) electrons. The van der Waals surface area contributed by atoms with Crippen LogP contribution in [0.25, 0.3) is 0 Å². The Kier molecular flexibility index (Phi) is 8.52. The lowest BCUT2D eigenvalue weighted by Crippen LogP contribution is -2.36. The minimum Gasteiger partial charge on any atom is -0.481 e. The second-order valence-corrected chi connectivity index (χ2v) is 4.57. The van der Waals surface area contributed by atoms with Crippen molar-refractivity contribution in [3.8, 4) is 0 Å². The number of unbranched alkanes of at least 4 members (excludes halogenated alkanes) is 2. The second-order valence-electron chi connectivity index (χ2n) is 4.57. The van der Waals surface area contributed by atoms with Crippen LogP contribution < -0.4 is 0 Å². The third-order valence-electron chi connectivity index (χ3n) is 2.68. The van der Waals surface area contributed by atoms with Gasteiger partial charge in [0.25, 0.3) is 0 Å². The lowest BCUT2D eigenvalue weighted by atomic mass is 10.1. The summed E-state index contributed by atoms with van der Waals surface area (Å²) < 4.78 is 0. The molecule has 0 rings (SSSR count). The summed E-state index contributed by atoms with van der Waals surface area (Å²) in [7, 11) is 0. The fraction of sp³-hybridized carbons (Fsp3) is 0.750. The summed E-state index contributed by atoms with van der Waals surface area (Å²) in [5.41, 5.74) is 0. The van der Waals surface area contributed by atoms with Crippen molar-refractivity contribution in [3.05, 3.63) is 0 Å². The molecule has 0 fully saturated rings. The molecule has 7 nitrogen and oxygen atoms in total. The highest BCUT2D eigenvalue weighted by molar-refractivity contribution is 5.71. The van der Waals surface area contributed by atoms with Gasteiger partial charge < -0.3 is 15.3 Å². The van der Waals surface area contributed by atoms with Gasteiger partial charge in [-0.1, -0.05) is 13.3 Å². The molecule has 0 spiro atoms. The van der Waals surface area contributed by atoms with Gasteiger partial charge in [0.1, 0.15) is 0 Å². The van der Waals surface area contributed by atoms with Crippen LogP contribution in [0, 0.1) is 5.92 Å². The van der Waals surface area contributed by atoms with Gasteiger partial charge in [-0.3, -0.25) is 19.3 Å². The molecule has 0 aliphatic carbocycles. The van der Waals surface area contributed by atoms with E-state index >= 15 is 0 Å². The van der Waals surface area contributed by atoms with Crippen LogP contribution in [0.15, 0.2) is 0 Å². The molecule has 1 atom stereocenters. The normalized spacial score (nSPS) is 12.3. The van der Waals surface area contributed by atoms with Gasteiger partial charge >= 0.3 is 17.9 Å². The zero-order valence-electron chi connectivity index (χ0n) is 11.0. The van der Waals surface area contributed by atoms with Crippen LogP contribution >= 0.6 is 0 Å². The highest BCUT2D eigenvalue weighted by Crippen LogP contribution is 2.05. The first-order valence-electron chi connectivity index (χ1n) is 6.21. The average molecular weight is 275 g/mol. The Hall–Kier alpha value is -1.63. The van der Waals surface area contributed by atoms with E-state index in [0.717, 1.165) is 0 Å². The minimum absolute atomic E-state index is 0.102. The molecule has 7 heteroatoms. The maximum atomic E-state index is 10.7. The zero-order chi connectivity index (χ0) is 14.8. The number of rotatable bonds is 11. The van der Waals surface area contributed by atoms with E-state index in [-0.39, 0.29) is 19.5 Å². The van der Waals surface area contributed by atoms with Crippen LogP contribution in [0.5, 0.6) is 0 Å². The summed E-state index contributed by atoms with van der Waals surface area (Å²) in [6.07, 6.45) is 1.99. The topological polar surface area (TPSA) is 115 Å². The number of carboxylic acid groups (broad SMARTS) is 3. The van der Waals surface area contributed by atoms with E-state index in [1.165, 1.54) is 6.92 Å². The third-order valence-corrected chi connectivity index (χ3v) is 2.68. The van der Waals surface area contributed by atoms with Gasteiger partial charge in [-0.2, -0.15) is 0 Å². The summed E-state index contributed by atoms with van der Waals surface area (Å²) in [6.45, 7) is 1.97. The molecular weight excluding hydrogens is 254 g/mol. The molecule has 0 amide bonds. The first-order chi connectivity index (χ1) is 8.82. The molecule has 0 aliphatic rings. The molecule has 0 aromatic carbocycles. The second kappa shape index (κ2) is 9.32. The number of aliphatic carboxylic acids is 3. The maximum Gasteiger partial charge on any atom is 0.317 e. The van der Waals surface area contributed by atoms with E-state index in [4.69, 9.17) is 15.3 Å². The molecule has 1 unspecified atom stereocenters. The molecule has 0 aromatic heterocycles. The van der Waals surface area contributed by atoms with Crippen LogP contribution in [0.3, 0.4) is 0 Å².